The molecule has 1 aromatic carbocycles. The molecule has 3 N–H and O–H groups in total. The molecule has 1 rings (SSSR count). The van der Waals surface area contributed by atoms with E-state index in [0.29, 0.717) is 31.1 Å². The van der Waals surface area contributed by atoms with Crippen molar-refractivity contribution in [2.45, 2.75) is 27.2 Å². The number of hydrogen-bond acceptors (Lipinski definition) is 3. The smallest absolute Gasteiger partial charge is 0.251 e. The zero-order valence-electron chi connectivity index (χ0n) is 15.7. The lowest BCUT2D eigenvalue weighted by molar-refractivity contribution is 0.0954. The van der Waals surface area contributed by atoms with E-state index in [0.717, 1.165) is 32.1 Å². The molecule has 0 heterocycles. The number of guanidine groups is 1. The van der Waals surface area contributed by atoms with Gasteiger partial charge in [-0.15, -0.1) is 0 Å². The quantitative estimate of drug-likeness (QED) is 0.325. The van der Waals surface area contributed by atoms with E-state index >= 15 is 0 Å². The Bertz CT molecular complexity index is 503. The first-order valence-corrected chi connectivity index (χ1v) is 9.06. The average Bonchev–Trinajstić information content (AvgIpc) is 2.61. The van der Waals surface area contributed by atoms with Gasteiger partial charge in [0.2, 0.25) is 0 Å². The molecular weight excluding hydrogens is 316 g/mol. The van der Waals surface area contributed by atoms with E-state index < -0.39 is 0 Å². The van der Waals surface area contributed by atoms with Gasteiger partial charge < -0.3 is 20.7 Å². The van der Waals surface area contributed by atoms with Gasteiger partial charge in [0, 0.05) is 45.0 Å². The van der Waals surface area contributed by atoms with Crippen molar-refractivity contribution in [2.75, 3.05) is 39.4 Å². The fourth-order valence-corrected chi connectivity index (χ4v) is 2.07. The Balaban J connectivity index is 2.21. The van der Waals surface area contributed by atoms with Gasteiger partial charge in [0.1, 0.15) is 0 Å². The van der Waals surface area contributed by atoms with Crippen molar-refractivity contribution in [2.24, 2.45) is 10.9 Å². The summed E-state index contributed by atoms with van der Waals surface area (Å²) in [4.78, 5) is 16.4. The minimum absolute atomic E-state index is 0.0633. The van der Waals surface area contributed by atoms with E-state index in [9.17, 15) is 4.79 Å². The fraction of sp³-hybridized carbons (Fsp3) is 0.579. The van der Waals surface area contributed by atoms with Gasteiger partial charge in [-0.2, -0.15) is 0 Å². The van der Waals surface area contributed by atoms with Gasteiger partial charge in [0.15, 0.2) is 5.96 Å². The summed E-state index contributed by atoms with van der Waals surface area (Å²) in [5, 5.41) is 9.30. The van der Waals surface area contributed by atoms with Crippen LogP contribution in [0.1, 0.15) is 37.6 Å². The molecule has 25 heavy (non-hydrogen) atoms. The topological polar surface area (TPSA) is 74.8 Å². The molecular formula is C19H32N4O2. The SMILES string of the molecule is CCNC(=NCCCOCC(C)C)NCCNC(=O)c1ccccc1. The van der Waals surface area contributed by atoms with E-state index in [1.54, 1.807) is 12.1 Å². The van der Waals surface area contributed by atoms with Crippen molar-refractivity contribution in [1.82, 2.24) is 16.0 Å². The average molecular weight is 348 g/mol. The fourth-order valence-electron chi connectivity index (χ4n) is 2.07. The number of benzene rings is 1. The minimum atomic E-state index is -0.0633. The predicted octanol–water partition coefficient (Wildman–Crippen LogP) is 2.03. The van der Waals surface area contributed by atoms with E-state index in [2.05, 4.69) is 34.8 Å². The van der Waals surface area contributed by atoms with Gasteiger partial charge in [-0.3, -0.25) is 9.79 Å². The van der Waals surface area contributed by atoms with Gasteiger partial charge in [0.25, 0.3) is 5.91 Å². The molecule has 0 bridgehead atoms. The molecule has 0 aliphatic carbocycles. The largest absolute Gasteiger partial charge is 0.381 e. The number of nitrogens with zero attached hydrogens (tertiary/aromatic N) is 1. The van der Waals surface area contributed by atoms with Crippen LogP contribution in [0.15, 0.2) is 35.3 Å². The lowest BCUT2D eigenvalue weighted by Crippen LogP contribution is -2.41. The highest BCUT2D eigenvalue weighted by molar-refractivity contribution is 5.94. The third-order valence-electron chi connectivity index (χ3n) is 3.25. The lowest BCUT2D eigenvalue weighted by Gasteiger charge is -2.12. The highest BCUT2D eigenvalue weighted by Gasteiger charge is 2.03. The molecule has 140 valence electrons. The number of hydrogen-bond donors (Lipinski definition) is 3. The van der Waals surface area contributed by atoms with Crippen LogP contribution in [0.5, 0.6) is 0 Å². The second-order valence-electron chi connectivity index (χ2n) is 6.13. The van der Waals surface area contributed by atoms with Crippen molar-refractivity contribution < 1.29 is 9.53 Å². The number of rotatable bonds is 11. The molecule has 1 amide bonds. The summed E-state index contributed by atoms with van der Waals surface area (Å²) in [6, 6.07) is 9.21. The van der Waals surface area contributed by atoms with Crippen LogP contribution in [0.2, 0.25) is 0 Å². The molecule has 0 saturated carbocycles. The molecule has 0 aliphatic rings. The van der Waals surface area contributed by atoms with Crippen molar-refractivity contribution in [1.29, 1.82) is 0 Å². The molecule has 0 fully saturated rings. The highest BCUT2D eigenvalue weighted by Crippen LogP contribution is 1.97. The molecule has 0 radical (unpaired) electrons. The van der Waals surface area contributed by atoms with Crippen LogP contribution in [0, 0.1) is 5.92 Å². The Morgan fingerprint density at radius 3 is 2.52 bits per heavy atom. The van der Waals surface area contributed by atoms with Gasteiger partial charge in [0.05, 0.1) is 0 Å². The Hall–Kier alpha value is -2.08. The number of aliphatic imine (C=N–C) groups is 1. The summed E-state index contributed by atoms with van der Waals surface area (Å²) in [6.45, 7) is 10.5. The Kier molecular flexibility index (Phi) is 11.1. The molecule has 0 aliphatic heterocycles. The van der Waals surface area contributed by atoms with Crippen LogP contribution < -0.4 is 16.0 Å². The predicted molar refractivity (Wildman–Crippen MR) is 103 cm³/mol. The molecule has 0 saturated heterocycles. The molecule has 0 atom stereocenters. The summed E-state index contributed by atoms with van der Waals surface area (Å²) in [5.41, 5.74) is 0.671. The molecule has 1 aromatic rings. The maximum absolute atomic E-state index is 11.9. The minimum Gasteiger partial charge on any atom is -0.381 e. The van der Waals surface area contributed by atoms with Crippen LogP contribution in [-0.2, 0) is 4.74 Å². The molecule has 0 unspecified atom stereocenters. The third kappa shape index (κ3) is 10.4. The van der Waals surface area contributed by atoms with Crippen LogP contribution in [-0.4, -0.2) is 51.3 Å². The second-order valence-corrected chi connectivity index (χ2v) is 6.13. The Morgan fingerprint density at radius 1 is 1.12 bits per heavy atom. The molecule has 0 spiro atoms. The van der Waals surface area contributed by atoms with Gasteiger partial charge in [-0.25, -0.2) is 0 Å². The van der Waals surface area contributed by atoms with Crippen molar-refractivity contribution in [3.8, 4) is 0 Å². The number of carbonyl (C=O) groups excluding carboxylic acids is 1. The monoisotopic (exact) mass is 348 g/mol. The van der Waals surface area contributed by atoms with Crippen LogP contribution >= 0.6 is 0 Å². The number of ether oxygens (including phenoxy) is 1. The first-order chi connectivity index (χ1) is 12.1. The zero-order chi connectivity index (χ0) is 18.3. The van der Waals surface area contributed by atoms with E-state index in [-0.39, 0.29) is 5.91 Å². The first-order valence-electron chi connectivity index (χ1n) is 9.06. The Morgan fingerprint density at radius 2 is 1.84 bits per heavy atom. The standard InChI is InChI=1S/C19H32N4O2/c1-4-20-19(22-11-8-14-25-15-16(2)3)23-13-12-21-18(24)17-9-6-5-7-10-17/h5-7,9-10,16H,4,8,11-15H2,1-3H3,(H,21,24)(H2,20,22,23). The van der Waals surface area contributed by atoms with E-state index in [1.165, 1.54) is 0 Å². The second kappa shape index (κ2) is 13.2. The summed E-state index contributed by atoms with van der Waals surface area (Å²) < 4.78 is 5.55. The molecule has 0 aromatic heterocycles. The van der Waals surface area contributed by atoms with Gasteiger partial charge >= 0.3 is 0 Å². The summed E-state index contributed by atoms with van der Waals surface area (Å²) >= 11 is 0. The van der Waals surface area contributed by atoms with Gasteiger partial charge in [-0.05, 0) is 31.4 Å². The lowest BCUT2D eigenvalue weighted by atomic mass is 10.2. The first kappa shape index (κ1) is 21.0. The van der Waals surface area contributed by atoms with Crippen LogP contribution in [0.3, 0.4) is 0 Å². The molecule has 6 nitrogen and oxygen atoms in total. The van der Waals surface area contributed by atoms with Crippen molar-refractivity contribution in [3.05, 3.63) is 35.9 Å². The number of carbonyl (C=O) groups is 1. The third-order valence-corrected chi connectivity index (χ3v) is 3.25. The molecule has 6 heteroatoms. The number of nitrogens with one attached hydrogen (secondary N) is 3. The van der Waals surface area contributed by atoms with E-state index in [1.807, 2.05) is 25.1 Å². The maximum atomic E-state index is 11.9. The van der Waals surface area contributed by atoms with E-state index in [4.69, 9.17) is 4.74 Å². The summed E-state index contributed by atoms with van der Waals surface area (Å²) in [7, 11) is 0. The van der Waals surface area contributed by atoms with Gasteiger partial charge in [-0.1, -0.05) is 32.0 Å². The zero-order valence-corrected chi connectivity index (χ0v) is 15.7. The van der Waals surface area contributed by atoms with Crippen LogP contribution in [0.25, 0.3) is 0 Å². The van der Waals surface area contributed by atoms with Crippen molar-refractivity contribution in [3.63, 3.8) is 0 Å². The maximum Gasteiger partial charge on any atom is 0.251 e. The highest BCUT2D eigenvalue weighted by atomic mass is 16.5. The summed E-state index contributed by atoms with van der Waals surface area (Å²) in [6.07, 6.45) is 0.897. The summed E-state index contributed by atoms with van der Waals surface area (Å²) in [5.74, 6) is 1.26. The van der Waals surface area contributed by atoms with Crippen LogP contribution in [0.4, 0.5) is 0 Å². The Labute approximate surface area is 151 Å². The van der Waals surface area contributed by atoms with Crippen molar-refractivity contribution >= 4 is 11.9 Å². The number of amides is 1. The normalized spacial score (nSPS) is 11.4.